The maximum absolute atomic E-state index is 13.6. The smallest absolute Gasteiger partial charge is 0.370 e. The lowest BCUT2D eigenvalue weighted by atomic mass is 10.1. The molecule has 0 radical (unpaired) electrons. The lowest BCUT2D eigenvalue weighted by Gasteiger charge is -2.14. The van der Waals surface area contributed by atoms with E-state index >= 15 is 0 Å². The van der Waals surface area contributed by atoms with E-state index in [-0.39, 0.29) is 17.3 Å². The summed E-state index contributed by atoms with van der Waals surface area (Å²) >= 11 is 0. The molecule has 0 aliphatic rings. The van der Waals surface area contributed by atoms with Crippen LogP contribution in [0.1, 0.15) is 11.1 Å². The summed E-state index contributed by atoms with van der Waals surface area (Å²) in [4.78, 5) is 7.98. The van der Waals surface area contributed by atoms with Gasteiger partial charge in [0.2, 0.25) is 0 Å². The van der Waals surface area contributed by atoms with Gasteiger partial charge in [-0.1, -0.05) is 30.3 Å². The summed E-state index contributed by atoms with van der Waals surface area (Å²) in [5, 5.41) is 5.68. The predicted molar refractivity (Wildman–Crippen MR) is 95.4 cm³/mol. The summed E-state index contributed by atoms with van der Waals surface area (Å²) in [6.45, 7) is 0.413. The van der Waals surface area contributed by atoms with Crippen LogP contribution in [-0.4, -0.2) is 16.5 Å². The highest BCUT2D eigenvalue weighted by molar-refractivity contribution is 5.63. The van der Waals surface area contributed by atoms with Crippen molar-refractivity contribution in [1.82, 2.24) is 9.97 Å². The summed E-state index contributed by atoms with van der Waals surface area (Å²) in [7, 11) is 0. The first-order valence-electron chi connectivity index (χ1n) is 8.16. The van der Waals surface area contributed by atoms with Crippen molar-refractivity contribution < 1.29 is 17.6 Å². The van der Waals surface area contributed by atoms with Gasteiger partial charge in [0.25, 0.3) is 0 Å². The first-order chi connectivity index (χ1) is 12.9. The molecule has 0 amide bonds. The molecule has 0 saturated carbocycles. The minimum absolute atomic E-state index is 0.0963. The van der Waals surface area contributed by atoms with Crippen LogP contribution in [0, 0.1) is 5.82 Å². The van der Waals surface area contributed by atoms with E-state index in [0.717, 1.165) is 6.07 Å². The van der Waals surface area contributed by atoms with Crippen LogP contribution < -0.4 is 10.6 Å². The van der Waals surface area contributed by atoms with E-state index in [0.29, 0.717) is 24.3 Å². The molecule has 4 nitrogen and oxygen atoms in total. The predicted octanol–water partition coefficient (Wildman–Crippen LogP) is 5.03. The van der Waals surface area contributed by atoms with E-state index in [2.05, 4.69) is 20.6 Å². The highest BCUT2D eigenvalue weighted by Crippen LogP contribution is 2.35. The minimum Gasteiger partial charge on any atom is -0.370 e. The lowest BCUT2D eigenvalue weighted by Crippen LogP contribution is -2.10. The standard InChI is InChI=1S/C19H16F4N4/c20-15-7-3-1-5-13(15)9-10-24-17-11-18(26-12-25-17)27-16-8-4-2-6-14(16)19(21,22)23/h1-8,11-12H,9-10H2,(H2,24,25,26,27). The number of hydrogen-bond acceptors (Lipinski definition) is 4. The molecule has 140 valence electrons. The van der Waals surface area contributed by atoms with Gasteiger partial charge in [-0.25, -0.2) is 14.4 Å². The Morgan fingerprint density at radius 3 is 2.37 bits per heavy atom. The fourth-order valence-corrected chi connectivity index (χ4v) is 2.53. The van der Waals surface area contributed by atoms with E-state index in [1.54, 1.807) is 18.2 Å². The molecule has 0 fully saturated rings. The number of hydrogen-bond donors (Lipinski definition) is 2. The van der Waals surface area contributed by atoms with Crippen LogP contribution in [0.2, 0.25) is 0 Å². The van der Waals surface area contributed by atoms with Crippen LogP contribution in [0.3, 0.4) is 0 Å². The van der Waals surface area contributed by atoms with E-state index in [4.69, 9.17) is 0 Å². The van der Waals surface area contributed by atoms with E-state index < -0.39 is 11.7 Å². The maximum atomic E-state index is 13.6. The van der Waals surface area contributed by atoms with Crippen molar-refractivity contribution in [3.8, 4) is 0 Å². The molecular weight excluding hydrogens is 360 g/mol. The van der Waals surface area contributed by atoms with Crippen LogP contribution in [0.25, 0.3) is 0 Å². The number of para-hydroxylation sites is 1. The van der Waals surface area contributed by atoms with Crippen molar-refractivity contribution in [2.75, 3.05) is 17.2 Å². The number of nitrogens with one attached hydrogen (secondary N) is 2. The van der Waals surface area contributed by atoms with Crippen molar-refractivity contribution in [3.63, 3.8) is 0 Å². The molecule has 27 heavy (non-hydrogen) atoms. The van der Waals surface area contributed by atoms with Gasteiger partial charge in [-0.15, -0.1) is 0 Å². The summed E-state index contributed by atoms with van der Waals surface area (Å²) < 4.78 is 52.8. The van der Waals surface area contributed by atoms with Gasteiger partial charge in [-0.2, -0.15) is 13.2 Å². The molecule has 2 aromatic carbocycles. The monoisotopic (exact) mass is 376 g/mol. The van der Waals surface area contributed by atoms with Crippen molar-refractivity contribution in [2.45, 2.75) is 12.6 Å². The Hall–Kier alpha value is -3.16. The van der Waals surface area contributed by atoms with Gasteiger partial charge >= 0.3 is 6.18 Å². The maximum Gasteiger partial charge on any atom is 0.418 e. The molecule has 3 rings (SSSR count). The van der Waals surface area contributed by atoms with Gasteiger partial charge in [0, 0.05) is 12.6 Å². The number of aromatic nitrogens is 2. The van der Waals surface area contributed by atoms with Crippen LogP contribution in [0.15, 0.2) is 60.9 Å². The van der Waals surface area contributed by atoms with Crippen LogP contribution in [0.4, 0.5) is 34.9 Å². The fourth-order valence-electron chi connectivity index (χ4n) is 2.53. The first kappa shape index (κ1) is 18.6. The van der Waals surface area contributed by atoms with Crippen molar-refractivity contribution >= 4 is 17.3 Å². The van der Waals surface area contributed by atoms with Crippen LogP contribution >= 0.6 is 0 Å². The van der Waals surface area contributed by atoms with Gasteiger partial charge in [-0.05, 0) is 30.2 Å². The number of rotatable bonds is 6. The number of alkyl halides is 3. The molecular formula is C19H16F4N4. The van der Waals surface area contributed by atoms with Crippen molar-refractivity contribution in [1.29, 1.82) is 0 Å². The highest BCUT2D eigenvalue weighted by Gasteiger charge is 2.33. The molecule has 1 heterocycles. The van der Waals surface area contributed by atoms with Crippen LogP contribution in [-0.2, 0) is 12.6 Å². The van der Waals surface area contributed by atoms with Gasteiger partial charge in [0.05, 0.1) is 11.3 Å². The molecule has 0 spiro atoms. The molecule has 0 aliphatic heterocycles. The molecule has 0 aliphatic carbocycles. The molecule has 3 aromatic rings. The Morgan fingerprint density at radius 2 is 1.59 bits per heavy atom. The molecule has 8 heteroatoms. The Morgan fingerprint density at radius 1 is 0.889 bits per heavy atom. The van der Waals surface area contributed by atoms with Crippen molar-refractivity contribution in [2.24, 2.45) is 0 Å². The number of nitrogens with zero attached hydrogens (tertiary/aromatic N) is 2. The average molecular weight is 376 g/mol. The first-order valence-corrected chi connectivity index (χ1v) is 8.16. The van der Waals surface area contributed by atoms with E-state index in [1.165, 1.54) is 36.7 Å². The van der Waals surface area contributed by atoms with E-state index in [1.807, 2.05) is 0 Å². The summed E-state index contributed by atoms with van der Waals surface area (Å²) in [5.74, 6) is 0.358. The second kappa shape index (κ2) is 8.03. The molecule has 0 saturated heterocycles. The van der Waals surface area contributed by atoms with Gasteiger partial charge in [0.1, 0.15) is 23.8 Å². The second-order valence-corrected chi connectivity index (χ2v) is 5.73. The van der Waals surface area contributed by atoms with Gasteiger partial charge < -0.3 is 10.6 Å². The fraction of sp³-hybridized carbons (Fsp3) is 0.158. The topological polar surface area (TPSA) is 49.8 Å². The number of anilines is 3. The number of benzene rings is 2. The van der Waals surface area contributed by atoms with Crippen molar-refractivity contribution in [3.05, 3.63) is 77.9 Å². The zero-order valence-corrected chi connectivity index (χ0v) is 14.1. The summed E-state index contributed by atoms with van der Waals surface area (Å²) in [5.41, 5.74) is -0.310. The Kier molecular flexibility index (Phi) is 5.54. The normalized spacial score (nSPS) is 11.3. The summed E-state index contributed by atoms with van der Waals surface area (Å²) in [6.07, 6.45) is -2.79. The zero-order valence-electron chi connectivity index (χ0n) is 14.1. The SMILES string of the molecule is Fc1ccccc1CCNc1cc(Nc2ccccc2C(F)(F)F)ncn1. The third-order valence-corrected chi connectivity index (χ3v) is 3.82. The molecule has 0 atom stereocenters. The highest BCUT2D eigenvalue weighted by atomic mass is 19.4. The third kappa shape index (κ3) is 4.93. The van der Waals surface area contributed by atoms with Gasteiger partial charge in [0.15, 0.2) is 0 Å². The lowest BCUT2D eigenvalue weighted by molar-refractivity contribution is -0.136. The largest absolute Gasteiger partial charge is 0.418 e. The Labute approximate surface area is 153 Å². The molecule has 1 aromatic heterocycles. The number of halogens is 4. The molecule has 2 N–H and O–H groups in total. The molecule has 0 bridgehead atoms. The molecule has 0 unspecified atom stereocenters. The Bertz CT molecular complexity index is 912. The second-order valence-electron chi connectivity index (χ2n) is 5.73. The van der Waals surface area contributed by atoms with Gasteiger partial charge in [-0.3, -0.25) is 0 Å². The van der Waals surface area contributed by atoms with E-state index in [9.17, 15) is 17.6 Å². The Balaban J connectivity index is 1.67. The summed E-state index contributed by atoms with van der Waals surface area (Å²) in [6, 6.07) is 13.1. The minimum atomic E-state index is -4.47. The third-order valence-electron chi connectivity index (χ3n) is 3.82. The average Bonchev–Trinajstić information content (AvgIpc) is 2.63. The zero-order chi connectivity index (χ0) is 19.3. The quantitative estimate of drug-likeness (QED) is 0.592. The van der Waals surface area contributed by atoms with Crippen LogP contribution in [0.5, 0.6) is 0 Å².